The maximum atomic E-state index is 12.9. The van der Waals surface area contributed by atoms with Crippen LogP contribution in [0.4, 0.5) is 16.2 Å². The monoisotopic (exact) mass is 372 g/mol. The second-order valence-corrected chi connectivity index (χ2v) is 6.97. The molecule has 1 aliphatic heterocycles. The number of para-hydroxylation sites is 1. The minimum atomic E-state index is -0.0905. The molecule has 0 radical (unpaired) electrons. The Hall–Kier alpha value is -3.27. The van der Waals surface area contributed by atoms with Crippen molar-refractivity contribution in [2.45, 2.75) is 25.9 Å². The fourth-order valence-electron chi connectivity index (χ4n) is 3.49. The molecular weight excluding hydrogens is 348 g/mol. The molecule has 0 spiro atoms. The quantitative estimate of drug-likeness (QED) is 0.644. The van der Waals surface area contributed by atoms with E-state index in [4.69, 9.17) is 4.74 Å². The molecule has 1 aliphatic rings. The van der Waals surface area contributed by atoms with Crippen molar-refractivity contribution in [3.05, 3.63) is 90.0 Å². The molecule has 0 bridgehead atoms. The van der Waals surface area contributed by atoms with Crippen molar-refractivity contribution in [3.63, 3.8) is 0 Å². The van der Waals surface area contributed by atoms with Crippen LogP contribution in [0.25, 0.3) is 0 Å². The Labute approximate surface area is 165 Å². The first kappa shape index (κ1) is 18.1. The number of fused-ring (bicyclic) bond motifs is 1. The van der Waals surface area contributed by atoms with Gasteiger partial charge in [-0.25, -0.2) is 4.79 Å². The van der Waals surface area contributed by atoms with Gasteiger partial charge in [-0.2, -0.15) is 0 Å². The number of nitrogens with one attached hydrogen (secondary N) is 1. The minimum absolute atomic E-state index is 0.0905. The van der Waals surface area contributed by atoms with E-state index in [9.17, 15) is 4.79 Å². The van der Waals surface area contributed by atoms with E-state index < -0.39 is 0 Å². The molecule has 0 saturated heterocycles. The number of carbonyl (C=O) groups excluding carboxylic acids is 1. The van der Waals surface area contributed by atoms with E-state index in [2.05, 4.69) is 23.5 Å². The molecule has 3 aromatic carbocycles. The number of carbonyl (C=O) groups is 1. The second kappa shape index (κ2) is 8.61. The van der Waals surface area contributed by atoms with Gasteiger partial charge in [0.05, 0.1) is 0 Å². The summed E-state index contributed by atoms with van der Waals surface area (Å²) in [7, 11) is 0. The Morgan fingerprint density at radius 3 is 2.46 bits per heavy atom. The smallest absolute Gasteiger partial charge is 0.326 e. The first-order valence-electron chi connectivity index (χ1n) is 9.73. The zero-order valence-corrected chi connectivity index (χ0v) is 15.8. The van der Waals surface area contributed by atoms with Gasteiger partial charge in [0, 0.05) is 17.9 Å². The molecule has 4 nitrogen and oxygen atoms in total. The highest BCUT2D eigenvalue weighted by Gasteiger charge is 2.21. The summed E-state index contributed by atoms with van der Waals surface area (Å²) >= 11 is 0. The lowest BCUT2D eigenvalue weighted by atomic mass is 10.1. The van der Waals surface area contributed by atoms with Crippen LogP contribution in [0.1, 0.15) is 24.0 Å². The van der Waals surface area contributed by atoms with Gasteiger partial charge in [0.2, 0.25) is 0 Å². The number of rotatable bonds is 4. The van der Waals surface area contributed by atoms with Gasteiger partial charge in [-0.05, 0) is 60.7 Å². The third-order valence-electron chi connectivity index (χ3n) is 4.94. The van der Waals surface area contributed by atoms with Gasteiger partial charge in [-0.15, -0.1) is 0 Å². The molecule has 2 amide bonds. The fourth-order valence-corrected chi connectivity index (χ4v) is 3.49. The predicted molar refractivity (Wildman–Crippen MR) is 113 cm³/mol. The summed E-state index contributed by atoms with van der Waals surface area (Å²) in [6, 6.07) is 25.7. The number of hydrogen-bond donors (Lipinski definition) is 1. The van der Waals surface area contributed by atoms with Crippen LogP contribution in [-0.4, -0.2) is 12.6 Å². The highest BCUT2D eigenvalue weighted by Crippen LogP contribution is 2.31. The van der Waals surface area contributed by atoms with E-state index in [0.717, 1.165) is 54.1 Å². The van der Waals surface area contributed by atoms with Gasteiger partial charge in [0.15, 0.2) is 0 Å². The Bertz CT molecular complexity index is 926. The number of aryl methyl sites for hydroxylation is 1. The summed E-state index contributed by atoms with van der Waals surface area (Å²) in [6.07, 6.45) is 2.99. The van der Waals surface area contributed by atoms with Crippen molar-refractivity contribution in [3.8, 4) is 5.75 Å². The normalized spacial score (nSPS) is 13.4. The van der Waals surface area contributed by atoms with Crippen molar-refractivity contribution < 1.29 is 9.53 Å². The zero-order chi connectivity index (χ0) is 19.2. The van der Waals surface area contributed by atoms with Crippen LogP contribution in [-0.2, 0) is 13.0 Å². The lowest BCUT2D eigenvalue weighted by molar-refractivity contribution is 0.257. The van der Waals surface area contributed by atoms with E-state index in [1.54, 1.807) is 0 Å². The number of amides is 2. The molecule has 4 heteroatoms. The maximum Gasteiger partial charge on any atom is 0.326 e. The molecule has 0 unspecified atom stereocenters. The van der Waals surface area contributed by atoms with Crippen molar-refractivity contribution in [1.29, 1.82) is 0 Å². The third kappa shape index (κ3) is 4.34. The van der Waals surface area contributed by atoms with E-state index in [-0.39, 0.29) is 6.03 Å². The summed E-state index contributed by atoms with van der Waals surface area (Å²) < 4.78 is 5.97. The van der Waals surface area contributed by atoms with Crippen LogP contribution < -0.4 is 15.0 Å². The highest BCUT2D eigenvalue weighted by molar-refractivity contribution is 6.02. The van der Waals surface area contributed by atoms with E-state index in [1.165, 1.54) is 0 Å². The fraction of sp³-hybridized carbons (Fsp3) is 0.208. The topological polar surface area (TPSA) is 41.6 Å². The van der Waals surface area contributed by atoms with Crippen molar-refractivity contribution in [2.75, 3.05) is 16.8 Å². The summed E-state index contributed by atoms with van der Waals surface area (Å²) in [5, 5.41) is 3.00. The van der Waals surface area contributed by atoms with Gasteiger partial charge in [-0.1, -0.05) is 48.5 Å². The Balaban J connectivity index is 1.50. The van der Waals surface area contributed by atoms with Gasteiger partial charge in [0.1, 0.15) is 12.4 Å². The van der Waals surface area contributed by atoms with E-state index in [0.29, 0.717) is 6.61 Å². The molecule has 0 aliphatic carbocycles. The van der Waals surface area contributed by atoms with Crippen LogP contribution in [0, 0.1) is 0 Å². The van der Waals surface area contributed by atoms with Crippen LogP contribution in [0.2, 0.25) is 0 Å². The average Bonchev–Trinajstić information content (AvgIpc) is 2.96. The largest absolute Gasteiger partial charge is 0.489 e. The summed E-state index contributed by atoms with van der Waals surface area (Å²) in [5.41, 5.74) is 4.08. The molecule has 0 atom stereocenters. The first-order chi connectivity index (χ1) is 13.8. The maximum absolute atomic E-state index is 12.9. The van der Waals surface area contributed by atoms with Gasteiger partial charge in [-0.3, -0.25) is 4.90 Å². The molecule has 1 heterocycles. The molecular formula is C24H24N2O2. The summed E-state index contributed by atoms with van der Waals surface area (Å²) in [6.45, 7) is 1.26. The van der Waals surface area contributed by atoms with Crippen LogP contribution in [0.3, 0.4) is 0 Å². The lowest BCUT2D eigenvalue weighted by Gasteiger charge is -2.23. The molecule has 3 aromatic rings. The highest BCUT2D eigenvalue weighted by atomic mass is 16.5. The first-order valence-corrected chi connectivity index (χ1v) is 9.73. The number of anilines is 2. The van der Waals surface area contributed by atoms with Gasteiger partial charge < -0.3 is 10.1 Å². The number of ether oxygens (including phenoxy) is 1. The summed E-state index contributed by atoms with van der Waals surface area (Å²) in [4.78, 5) is 14.7. The molecule has 0 fully saturated rings. The van der Waals surface area contributed by atoms with Crippen LogP contribution in [0.15, 0.2) is 78.9 Å². The lowest BCUT2D eigenvalue weighted by Crippen LogP contribution is -2.35. The van der Waals surface area contributed by atoms with Gasteiger partial charge >= 0.3 is 6.03 Å². The Kier molecular flexibility index (Phi) is 5.57. The second-order valence-electron chi connectivity index (χ2n) is 6.97. The molecule has 28 heavy (non-hydrogen) atoms. The molecule has 0 saturated carbocycles. The average molecular weight is 372 g/mol. The van der Waals surface area contributed by atoms with Crippen LogP contribution in [0.5, 0.6) is 5.75 Å². The molecule has 1 N–H and O–H groups in total. The van der Waals surface area contributed by atoms with Crippen molar-refractivity contribution >= 4 is 17.4 Å². The molecule has 0 aromatic heterocycles. The number of nitrogens with zero attached hydrogens (tertiary/aromatic N) is 1. The number of benzene rings is 3. The standard InChI is InChI=1S/C24H24N2O2/c27-24(25-21-12-5-2-6-13-21)26-16-8-7-11-20-17-22(14-15-23(20)26)28-18-19-9-3-1-4-10-19/h1-6,9-10,12-15,17H,7-8,11,16,18H2,(H,25,27). The number of urea groups is 1. The number of hydrogen-bond acceptors (Lipinski definition) is 2. The Morgan fingerprint density at radius 2 is 1.68 bits per heavy atom. The predicted octanol–water partition coefficient (Wildman–Crippen LogP) is 5.64. The van der Waals surface area contributed by atoms with E-state index in [1.807, 2.05) is 65.6 Å². The van der Waals surface area contributed by atoms with Crippen molar-refractivity contribution in [2.24, 2.45) is 0 Å². The summed E-state index contributed by atoms with van der Waals surface area (Å²) in [5.74, 6) is 0.841. The molecule has 142 valence electrons. The van der Waals surface area contributed by atoms with Crippen molar-refractivity contribution in [1.82, 2.24) is 0 Å². The third-order valence-corrected chi connectivity index (χ3v) is 4.94. The molecule has 4 rings (SSSR count). The Morgan fingerprint density at radius 1 is 0.929 bits per heavy atom. The van der Waals surface area contributed by atoms with Gasteiger partial charge in [0.25, 0.3) is 0 Å². The minimum Gasteiger partial charge on any atom is -0.489 e. The van der Waals surface area contributed by atoms with E-state index >= 15 is 0 Å². The van der Waals surface area contributed by atoms with Crippen LogP contribution >= 0.6 is 0 Å². The SMILES string of the molecule is O=C(Nc1ccccc1)N1CCCCc2cc(OCc3ccccc3)ccc21. The zero-order valence-electron chi connectivity index (χ0n) is 15.8.